The lowest BCUT2D eigenvalue weighted by molar-refractivity contribution is -0.135. The highest BCUT2D eigenvalue weighted by Gasteiger charge is 2.49. The summed E-state index contributed by atoms with van der Waals surface area (Å²) in [6.45, 7) is 0. The van der Waals surface area contributed by atoms with E-state index in [4.69, 9.17) is 14.2 Å². The van der Waals surface area contributed by atoms with Crippen molar-refractivity contribution in [1.82, 2.24) is 0 Å². The lowest BCUT2D eigenvalue weighted by Crippen LogP contribution is -2.40. The maximum Gasteiger partial charge on any atom is 0.263 e. The van der Waals surface area contributed by atoms with Crippen LogP contribution in [-0.2, 0) is 10.4 Å². The molecule has 1 N–H and O–H groups in total. The van der Waals surface area contributed by atoms with Crippen molar-refractivity contribution in [3.63, 3.8) is 0 Å². The molecule has 7 heteroatoms. The molecule has 0 radical (unpaired) electrons. The van der Waals surface area contributed by atoms with Gasteiger partial charge in [0.25, 0.3) is 5.91 Å². The summed E-state index contributed by atoms with van der Waals surface area (Å²) in [5.41, 5.74) is -0.665. The minimum Gasteiger partial charge on any atom is -0.493 e. The third-order valence-electron chi connectivity index (χ3n) is 4.77. The van der Waals surface area contributed by atoms with Crippen LogP contribution in [0.3, 0.4) is 0 Å². The number of aliphatic hydroxyl groups is 1. The maximum absolute atomic E-state index is 12.9. The van der Waals surface area contributed by atoms with Gasteiger partial charge in [-0.1, -0.05) is 18.2 Å². The molecular formula is C20H21NO6. The first-order valence-corrected chi connectivity index (χ1v) is 8.30. The number of ether oxygens (including phenoxy) is 3. The standard InChI is InChI=1S/C20H21NO6/c1-21-14-8-6-5-7-13(14)20(24,19(21)23)11-15(22)12-9-16(25-2)18(27-4)17(10-12)26-3/h5-10,24H,11H2,1-4H3. The van der Waals surface area contributed by atoms with E-state index in [0.717, 1.165) is 0 Å². The Bertz CT molecular complexity index is 884. The fourth-order valence-corrected chi connectivity index (χ4v) is 3.37. The summed E-state index contributed by atoms with van der Waals surface area (Å²) < 4.78 is 15.8. The van der Waals surface area contributed by atoms with Crippen molar-refractivity contribution >= 4 is 17.4 Å². The van der Waals surface area contributed by atoms with E-state index < -0.39 is 23.7 Å². The molecule has 1 aliphatic heterocycles. The molecular weight excluding hydrogens is 350 g/mol. The van der Waals surface area contributed by atoms with Crippen molar-refractivity contribution in [3.05, 3.63) is 47.5 Å². The first-order chi connectivity index (χ1) is 12.9. The molecule has 1 aliphatic rings. The lowest BCUT2D eigenvalue weighted by Gasteiger charge is -2.21. The van der Waals surface area contributed by atoms with Crippen LogP contribution in [0.25, 0.3) is 0 Å². The molecule has 0 aliphatic carbocycles. The van der Waals surface area contributed by atoms with Crippen LogP contribution in [0.1, 0.15) is 22.3 Å². The van der Waals surface area contributed by atoms with Crippen LogP contribution in [0, 0.1) is 0 Å². The average Bonchev–Trinajstić information content (AvgIpc) is 2.88. The van der Waals surface area contributed by atoms with Crippen molar-refractivity contribution in [1.29, 1.82) is 0 Å². The van der Waals surface area contributed by atoms with Gasteiger partial charge in [-0.3, -0.25) is 9.59 Å². The molecule has 0 fully saturated rings. The number of para-hydroxylation sites is 1. The number of carbonyl (C=O) groups excluding carboxylic acids is 2. The van der Waals surface area contributed by atoms with Gasteiger partial charge in [0.05, 0.1) is 33.4 Å². The van der Waals surface area contributed by atoms with Gasteiger partial charge in [0.2, 0.25) is 5.75 Å². The van der Waals surface area contributed by atoms with Crippen LogP contribution in [-0.4, -0.2) is 45.2 Å². The third kappa shape index (κ3) is 2.90. The number of methoxy groups -OCH3 is 3. The SMILES string of the molecule is COc1cc(C(=O)CC2(O)C(=O)N(C)c3ccccc32)cc(OC)c1OC. The second-order valence-corrected chi connectivity index (χ2v) is 6.26. The Hall–Kier alpha value is -3.06. The Morgan fingerprint density at radius 2 is 1.67 bits per heavy atom. The molecule has 0 saturated heterocycles. The van der Waals surface area contributed by atoms with E-state index in [2.05, 4.69) is 0 Å². The third-order valence-corrected chi connectivity index (χ3v) is 4.77. The van der Waals surface area contributed by atoms with E-state index in [-0.39, 0.29) is 5.56 Å². The molecule has 1 heterocycles. The molecule has 27 heavy (non-hydrogen) atoms. The van der Waals surface area contributed by atoms with Crippen LogP contribution < -0.4 is 19.1 Å². The summed E-state index contributed by atoms with van der Waals surface area (Å²) in [6.07, 6.45) is -0.397. The van der Waals surface area contributed by atoms with Gasteiger partial charge in [-0.2, -0.15) is 0 Å². The summed E-state index contributed by atoms with van der Waals surface area (Å²) >= 11 is 0. The molecule has 0 spiro atoms. The number of fused-ring (bicyclic) bond motifs is 1. The molecule has 1 atom stereocenters. The average molecular weight is 371 g/mol. The zero-order chi connectivity index (χ0) is 19.8. The number of hydrogen-bond acceptors (Lipinski definition) is 6. The Kier molecular flexibility index (Phi) is 4.80. The molecule has 0 bridgehead atoms. The number of likely N-dealkylation sites (N-methyl/N-ethyl adjacent to an activating group) is 1. The zero-order valence-corrected chi connectivity index (χ0v) is 15.6. The second kappa shape index (κ2) is 6.92. The van der Waals surface area contributed by atoms with Gasteiger partial charge in [-0.25, -0.2) is 0 Å². The summed E-state index contributed by atoms with van der Waals surface area (Å²) in [5, 5.41) is 11.1. The molecule has 1 amide bonds. The Morgan fingerprint density at radius 3 is 2.22 bits per heavy atom. The van der Waals surface area contributed by atoms with Crippen molar-refractivity contribution in [3.8, 4) is 17.2 Å². The van der Waals surface area contributed by atoms with E-state index in [1.165, 1.54) is 38.4 Å². The van der Waals surface area contributed by atoms with E-state index in [1.807, 2.05) is 0 Å². The van der Waals surface area contributed by atoms with Crippen molar-refractivity contribution < 1.29 is 28.9 Å². The molecule has 2 aromatic rings. The smallest absolute Gasteiger partial charge is 0.263 e. The molecule has 0 saturated carbocycles. The number of benzene rings is 2. The molecule has 0 aromatic heterocycles. The predicted molar refractivity (Wildman–Crippen MR) is 98.8 cm³/mol. The number of nitrogens with zero attached hydrogens (tertiary/aromatic N) is 1. The van der Waals surface area contributed by atoms with Crippen LogP contribution in [0.15, 0.2) is 36.4 Å². The molecule has 1 unspecified atom stereocenters. The Morgan fingerprint density at radius 1 is 1.07 bits per heavy atom. The highest BCUT2D eigenvalue weighted by atomic mass is 16.5. The van der Waals surface area contributed by atoms with Gasteiger partial charge in [-0.05, 0) is 18.2 Å². The van der Waals surface area contributed by atoms with E-state index >= 15 is 0 Å². The van der Waals surface area contributed by atoms with Gasteiger partial charge in [0.1, 0.15) is 0 Å². The number of Topliss-reactive ketones (excluding diaryl/α,β-unsaturated/α-hetero) is 1. The topological polar surface area (TPSA) is 85.3 Å². The molecule has 3 rings (SSSR count). The van der Waals surface area contributed by atoms with Crippen molar-refractivity contribution in [2.24, 2.45) is 0 Å². The number of amides is 1. The molecule has 2 aromatic carbocycles. The van der Waals surface area contributed by atoms with E-state index in [0.29, 0.717) is 28.5 Å². The van der Waals surface area contributed by atoms with Crippen molar-refractivity contribution in [2.75, 3.05) is 33.3 Å². The summed E-state index contributed by atoms with van der Waals surface area (Å²) in [5.74, 6) is 0.0434. The highest BCUT2D eigenvalue weighted by molar-refractivity contribution is 6.10. The summed E-state index contributed by atoms with van der Waals surface area (Å²) in [7, 11) is 5.94. The largest absolute Gasteiger partial charge is 0.493 e. The highest BCUT2D eigenvalue weighted by Crippen LogP contribution is 2.43. The lowest BCUT2D eigenvalue weighted by atomic mass is 9.88. The van der Waals surface area contributed by atoms with Gasteiger partial charge in [0.15, 0.2) is 22.9 Å². The van der Waals surface area contributed by atoms with Crippen LogP contribution >= 0.6 is 0 Å². The minimum absolute atomic E-state index is 0.248. The van der Waals surface area contributed by atoms with Gasteiger partial charge in [-0.15, -0.1) is 0 Å². The fourth-order valence-electron chi connectivity index (χ4n) is 3.37. The Balaban J connectivity index is 2.00. The summed E-state index contributed by atoms with van der Waals surface area (Å²) in [6, 6.07) is 9.88. The van der Waals surface area contributed by atoms with Gasteiger partial charge < -0.3 is 24.2 Å². The van der Waals surface area contributed by atoms with Gasteiger partial charge in [0, 0.05) is 18.2 Å². The van der Waals surface area contributed by atoms with E-state index in [1.54, 1.807) is 31.3 Å². The number of rotatable bonds is 6. The number of hydrogen-bond donors (Lipinski definition) is 1. The van der Waals surface area contributed by atoms with E-state index in [9.17, 15) is 14.7 Å². The minimum atomic E-state index is -1.91. The number of ketones is 1. The Labute approximate surface area is 157 Å². The first-order valence-electron chi connectivity index (χ1n) is 8.30. The van der Waals surface area contributed by atoms with Crippen LogP contribution in [0.5, 0.6) is 17.2 Å². The number of carbonyl (C=O) groups is 2. The second-order valence-electron chi connectivity index (χ2n) is 6.26. The van der Waals surface area contributed by atoms with Gasteiger partial charge >= 0.3 is 0 Å². The fraction of sp³-hybridized carbons (Fsp3) is 0.300. The summed E-state index contributed by atoms with van der Waals surface area (Å²) in [4.78, 5) is 26.9. The van der Waals surface area contributed by atoms with Crippen LogP contribution in [0.2, 0.25) is 0 Å². The molecule has 142 valence electrons. The monoisotopic (exact) mass is 371 g/mol. The van der Waals surface area contributed by atoms with Crippen molar-refractivity contribution in [2.45, 2.75) is 12.0 Å². The maximum atomic E-state index is 12.9. The normalized spacial score (nSPS) is 18.3. The quantitative estimate of drug-likeness (QED) is 0.783. The zero-order valence-electron chi connectivity index (χ0n) is 15.6. The first kappa shape index (κ1) is 18.7. The number of anilines is 1. The van der Waals surface area contributed by atoms with Crippen LogP contribution in [0.4, 0.5) is 5.69 Å². The molecule has 7 nitrogen and oxygen atoms in total. The predicted octanol–water partition coefficient (Wildman–Crippen LogP) is 2.15.